The van der Waals surface area contributed by atoms with Crippen LogP contribution in [0, 0.1) is 22.7 Å². The Labute approximate surface area is 118 Å². The van der Waals surface area contributed by atoms with Crippen LogP contribution in [-0.4, -0.2) is 36.9 Å². The van der Waals surface area contributed by atoms with Crippen molar-refractivity contribution >= 4 is 17.7 Å². The summed E-state index contributed by atoms with van der Waals surface area (Å²) in [6, 6.07) is 1.59. The number of carbonyl (C=O) groups is 3. The first-order valence-corrected chi connectivity index (χ1v) is 6.55. The quantitative estimate of drug-likeness (QED) is 0.578. The molecule has 0 bridgehead atoms. The van der Waals surface area contributed by atoms with E-state index in [1.54, 1.807) is 6.92 Å². The van der Waals surface area contributed by atoms with Gasteiger partial charge < -0.3 is 16.0 Å². The number of carbonyl (C=O) groups excluding carboxylic acids is 3. The third-order valence-electron chi connectivity index (χ3n) is 3.17. The molecule has 1 fully saturated rings. The highest BCUT2D eigenvalue weighted by molar-refractivity contribution is 6.01. The molecule has 0 spiro atoms. The predicted molar refractivity (Wildman–Crippen MR) is 71.1 cm³/mol. The van der Waals surface area contributed by atoms with Crippen molar-refractivity contribution in [3.63, 3.8) is 0 Å². The fraction of sp³-hybridized carbons (Fsp3) is 0.692. The van der Waals surface area contributed by atoms with Crippen LogP contribution in [0.2, 0.25) is 0 Å². The molecule has 1 saturated heterocycles. The number of rotatable bonds is 5. The highest BCUT2D eigenvalue weighted by atomic mass is 16.2. The first kappa shape index (κ1) is 16.0. The average Bonchev–Trinajstić information content (AvgIpc) is 2.82. The Kier molecular flexibility index (Phi) is 5.08. The molecule has 7 heteroatoms. The molecule has 2 unspecified atom stereocenters. The molecule has 3 N–H and O–H groups in total. The summed E-state index contributed by atoms with van der Waals surface area (Å²) in [6.45, 7) is 5.50. The topological polar surface area (TPSA) is 111 Å². The summed E-state index contributed by atoms with van der Waals surface area (Å²) in [6.07, 6.45) is 0.493. The molecule has 0 saturated carbocycles. The van der Waals surface area contributed by atoms with Crippen molar-refractivity contribution in [1.82, 2.24) is 16.0 Å². The Bertz CT molecular complexity index is 453. The molecule has 0 radical (unpaired) electrons. The maximum atomic E-state index is 11.8. The molecule has 2 atom stereocenters. The summed E-state index contributed by atoms with van der Waals surface area (Å²) in [5.41, 5.74) is -1.11. The van der Waals surface area contributed by atoms with Crippen LogP contribution in [0.5, 0.6) is 0 Å². The van der Waals surface area contributed by atoms with Crippen LogP contribution in [0.3, 0.4) is 0 Å². The predicted octanol–water partition coefficient (Wildman–Crippen LogP) is -0.707. The fourth-order valence-corrected chi connectivity index (χ4v) is 1.73. The Morgan fingerprint density at radius 2 is 2.20 bits per heavy atom. The summed E-state index contributed by atoms with van der Waals surface area (Å²) < 4.78 is 0. The summed E-state index contributed by atoms with van der Waals surface area (Å²) >= 11 is 0. The molecule has 3 amide bonds. The minimum absolute atomic E-state index is 0.218. The van der Waals surface area contributed by atoms with E-state index in [9.17, 15) is 14.4 Å². The highest BCUT2D eigenvalue weighted by Crippen LogP contribution is 2.13. The zero-order chi connectivity index (χ0) is 15.3. The fourth-order valence-electron chi connectivity index (χ4n) is 1.73. The van der Waals surface area contributed by atoms with Crippen LogP contribution in [0.15, 0.2) is 0 Å². The lowest BCUT2D eigenvalue weighted by atomic mass is 9.94. The van der Waals surface area contributed by atoms with Crippen molar-refractivity contribution in [2.24, 2.45) is 11.3 Å². The zero-order valence-electron chi connectivity index (χ0n) is 11.9. The van der Waals surface area contributed by atoms with Crippen LogP contribution in [0.25, 0.3) is 0 Å². The van der Waals surface area contributed by atoms with Crippen LogP contribution in [-0.2, 0) is 14.4 Å². The molecule has 110 valence electrons. The molecule has 0 aliphatic carbocycles. The lowest BCUT2D eigenvalue weighted by Gasteiger charge is -2.20. The molecule has 20 heavy (non-hydrogen) atoms. The van der Waals surface area contributed by atoms with E-state index in [-0.39, 0.29) is 30.3 Å². The number of hydrogen-bond donors (Lipinski definition) is 3. The Balaban J connectivity index is 2.39. The molecule has 1 aliphatic rings. The van der Waals surface area contributed by atoms with E-state index in [1.807, 2.05) is 6.07 Å². The van der Waals surface area contributed by atoms with Crippen LogP contribution in [0.4, 0.5) is 0 Å². The maximum absolute atomic E-state index is 11.8. The second-order valence-corrected chi connectivity index (χ2v) is 5.49. The minimum atomic E-state index is -1.11. The summed E-state index contributed by atoms with van der Waals surface area (Å²) in [5, 5.41) is 16.7. The number of nitrogens with zero attached hydrogens (tertiary/aromatic N) is 1. The zero-order valence-corrected chi connectivity index (χ0v) is 11.9. The third kappa shape index (κ3) is 3.95. The SMILES string of the molecule is CC(CNC(=O)C1CCNC1=O)NC(=O)C(C)(C)C#N. The van der Waals surface area contributed by atoms with Gasteiger partial charge in [-0.25, -0.2) is 0 Å². The van der Waals surface area contributed by atoms with Gasteiger partial charge >= 0.3 is 0 Å². The maximum Gasteiger partial charge on any atom is 0.240 e. The average molecular weight is 280 g/mol. The van der Waals surface area contributed by atoms with Gasteiger partial charge in [0.2, 0.25) is 17.7 Å². The molecular formula is C13H20N4O3. The molecule has 1 heterocycles. The first-order valence-electron chi connectivity index (χ1n) is 6.55. The van der Waals surface area contributed by atoms with E-state index < -0.39 is 11.3 Å². The van der Waals surface area contributed by atoms with E-state index in [4.69, 9.17) is 5.26 Å². The van der Waals surface area contributed by atoms with Gasteiger partial charge in [0.15, 0.2) is 0 Å². The van der Waals surface area contributed by atoms with Crippen molar-refractivity contribution in [3.8, 4) is 6.07 Å². The van der Waals surface area contributed by atoms with Crippen molar-refractivity contribution < 1.29 is 14.4 Å². The standard InChI is InChI=1S/C13H20N4O3/c1-8(17-12(20)13(2,3)7-14)6-16-11(19)9-4-5-15-10(9)18/h8-9H,4-6H2,1-3H3,(H,15,18)(H,16,19)(H,17,20). The van der Waals surface area contributed by atoms with Gasteiger partial charge in [0, 0.05) is 19.1 Å². The van der Waals surface area contributed by atoms with E-state index in [2.05, 4.69) is 16.0 Å². The van der Waals surface area contributed by atoms with Gasteiger partial charge in [-0.2, -0.15) is 5.26 Å². The number of nitrogens with one attached hydrogen (secondary N) is 3. The minimum Gasteiger partial charge on any atom is -0.355 e. The monoisotopic (exact) mass is 280 g/mol. The van der Waals surface area contributed by atoms with Gasteiger partial charge in [-0.05, 0) is 27.2 Å². The van der Waals surface area contributed by atoms with Gasteiger partial charge in [-0.3, -0.25) is 14.4 Å². The number of amides is 3. The third-order valence-corrected chi connectivity index (χ3v) is 3.17. The Hall–Kier alpha value is -2.10. The van der Waals surface area contributed by atoms with E-state index in [1.165, 1.54) is 13.8 Å². The second-order valence-electron chi connectivity index (χ2n) is 5.49. The van der Waals surface area contributed by atoms with E-state index in [0.29, 0.717) is 13.0 Å². The van der Waals surface area contributed by atoms with Crippen molar-refractivity contribution in [2.45, 2.75) is 33.2 Å². The van der Waals surface area contributed by atoms with Crippen molar-refractivity contribution in [1.29, 1.82) is 5.26 Å². The molecule has 0 aromatic rings. The van der Waals surface area contributed by atoms with Crippen LogP contribution in [0.1, 0.15) is 27.2 Å². The van der Waals surface area contributed by atoms with E-state index in [0.717, 1.165) is 0 Å². The Morgan fingerprint density at radius 1 is 1.55 bits per heavy atom. The molecule has 0 aromatic heterocycles. The smallest absolute Gasteiger partial charge is 0.240 e. The lowest BCUT2D eigenvalue weighted by molar-refractivity contribution is -0.133. The van der Waals surface area contributed by atoms with Gasteiger partial charge in [-0.1, -0.05) is 0 Å². The molecular weight excluding hydrogens is 260 g/mol. The van der Waals surface area contributed by atoms with Gasteiger partial charge in [0.05, 0.1) is 6.07 Å². The largest absolute Gasteiger partial charge is 0.355 e. The van der Waals surface area contributed by atoms with Crippen molar-refractivity contribution in [2.75, 3.05) is 13.1 Å². The number of hydrogen-bond acceptors (Lipinski definition) is 4. The van der Waals surface area contributed by atoms with Crippen LogP contribution < -0.4 is 16.0 Å². The number of nitriles is 1. The first-order chi connectivity index (χ1) is 9.27. The summed E-state index contributed by atoms with van der Waals surface area (Å²) in [4.78, 5) is 34.8. The van der Waals surface area contributed by atoms with Crippen LogP contribution >= 0.6 is 0 Å². The van der Waals surface area contributed by atoms with E-state index >= 15 is 0 Å². The summed E-state index contributed by atoms with van der Waals surface area (Å²) in [5.74, 6) is -1.63. The molecule has 1 aliphatic heterocycles. The summed E-state index contributed by atoms with van der Waals surface area (Å²) in [7, 11) is 0. The molecule has 1 rings (SSSR count). The van der Waals surface area contributed by atoms with Gasteiger partial charge in [-0.15, -0.1) is 0 Å². The Morgan fingerprint density at radius 3 is 2.70 bits per heavy atom. The highest BCUT2D eigenvalue weighted by Gasteiger charge is 2.31. The van der Waals surface area contributed by atoms with Crippen molar-refractivity contribution in [3.05, 3.63) is 0 Å². The lowest BCUT2D eigenvalue weighted by Crippen LogP contribution is -2.47. The normalized spacial score (nSPS) is 19.7. The molecule has 7 nitrogen and oxygen atoms in total. The van der Waals surface area contributed by atoms with Gasteiger partial charge in [0.1, 0.15) is 11.3 Å². The van der Waals surface area contributed by atoms with Gasteiger partial charge in [0.25, 0.3) is 0 Å². The molecule has 0 aromatic carbocycles. The second kappa shape index (κ2) is 6.37.